The Morgan fingerprint density at radius 3 is 2.88 bits per heavy atom. The Bertz CT molecular complexity index is 615. The number of aryl methyl sites for hydroxylation is 1. The third-order valence-corrected chi connectivity index (χ3v) is 3.14. The normalized spacial score (nSPS) is 10.4. The molecule has 17 heavy (non-hydrogen) atoms. The minimum absolute atomic E-state index is 0.00624. The number of nitrogens with zero attached hydrogens (tertiary/aromatic N) is 2. The molecule has 0 saturated heterocycles. The van der Waals surface area contributed by atoms with Crippen LogP contribution in [0.3, 0.4) is 0 Å². The first-order chi connectivity index (χ1) is 8.06. The van der Waals surface area contributed by atoms with E-state index in [1.807, 2.05) is 6.92 Å². The Morgan fingerprint density at radius 2 is 2.35 bits per heavy atom. The molecule has 2 rings (SSSR count). The van der Waals surface area contributed by atoms with E-state index in [0.29, 0.717) is 6.54 Å². The van der Waals surface area contributed by atoms with Crippen molar-refractivity contribution in [2.24, 2.45) is 0 Å². The number of hydrogen-bond acceptors (Lipinski definition) is 4. The molecule has 0 saturated carbocycles. The molecule has 0 aliphatic carbocycles. The number of aromatic carboxylic acids is 1. The van der Waals surface area contributed by atoms with E-state index in [-0.39, 0.29) is 11.1 Å². The molecule has 0 fully saturated rings. The van der Waals surface area contributed by atoms with E-state index in [0.717, 1.165) is 16.0 Å². The van der Waals surface area contributed by atoms with Gasteiger partial charge in [-0.05, 0) is 13.0 Å². The van der Waals surface area contributed by atoms with E-state index in [1.165, 1.54) is 28.2 Å². The minimum atomic E-state index is -1.09. The third kappa shape index (κ3) is 2.59. The summed E-state index contributed by atoms with van der Waals surface area (Å²) in [6.45, 7) is 2.31. The summed E-state index contributed by atoms with van der Waals surface area (Å²) in [5.74, 6) is -1.09. The molecule has 88 valence electrons. The Balaban J connectivity index is 2.28. The molecule has 2 heterocycles. The predicted octanol–water partition coefficient (Wildman–Crippen LogP) is 1.36. The SMILES string of the molecule is Cc1ncc(Cn2ccc(C(=O)O)cc2=O)s1. The van der Waals surface area contributed by atoms with Crippen molar-refractivity contribution in [1.82, 2.24) is 9.55 Å². The number of carboxylic acid groups (broad SMARTS) is 1. The van der Waals surface area contributed by atoms with Gasteiger partial charge in [0.25, 0.3) is 5.56 Å². The predicted molar refractivity (Wildman–Crippen MR) is 63.6 cm³/mol. The van der Waals surface area contributed by atoms with Gasteiger partial charge in [-0.2, -0.15) is 0 Å². The zero-order valence-electron chi connectivity index (χ0n) is 9.08. The third-order valence-electron chi connectivity index (χ3n) is 2.24. The molecule has 0 radical (unpaired) electrons. The number of pyridine rings is 1. The Labute approximate surface area is 101 Å². The van der Waals surface area contributed by atoms with Crippen molar-refractivity contribution in [3.63, 3.8) is 0 Å². The molecule has 0 atom stereocenters. The maximum absolute atomic E-state index is 11.6. The van der Waals surface area contributed by atoms with E-state index >= 15 is 0 Å². The van der Waals surface area contributed by atoms with E-state index in [1.54, 1.807) is 6.20 Å². The van der Waals surface area contributed by atoms with Crippen LogP contribution in [-0.2, 0) is 6.54 Å². The monoisotopic (exact) mass is 250 g/mol. The van der Waals surface area contributed by atoms with Crippen LogP contribution < -0.4 is 5.56 Å². The van der Waals surface area contributed by atoms with Crippen molar-refractivity contribution in [1.29, 1.82) is 0 Å². The van der Waals surface area contributed by atoms with Gasteiger partial charge in [0.1, 0.15) is 0 Å². The van der Waals surface area contributed by atoms with Crippen LogP contribution in [0.4, 0.5) is 0 Å². The molecule has 0 aliphatic rings. The smallest absolute Gasteiger partial charge is 0.335 e. The van der Waals surface area contributed by atoms with Gasteiger partial charge in [-0.3, -0.25) is 4.79 Å². The zero-order valence-corrected chi connectivity index (χ0v) is 9.90. The first-order valence-corrected chi connectivity index (χ1v) is 5.73. The largest absolute Gasteiger partial charge is 0.478 e. The molecule has 5 nitrogen and oxygen atoms in total. The Morgan fingerprint density at radius 1 is 1.59 bits per heavy atom. The average molecular weight is 250 g/mol. The highest BCUT2D eigenvalue weighted by Gasteiger charge is 2.06. The lowest BCUT2D eigenvalue weighted by molar-refractivity contribution is 0.0696. The van der Waals surface area contributed by atoms with Gasteiger partial charge in [-0.15, -0.1) is 11.3 Å². The molecule has 6 heteroatoms. The minimum Gasteiger partial charge on any atom is -0.478 e. The highest BCUT2D eigenvalue weighted by molar-refractivity contribution is 7.11. The summed E-state index contributed by atoms with van der Waals surface area (Å²) in [6.07, 6.45) is 3.21. The molecule has 0 spiro atoms. The summed E-state index contributed by atoms with van der Waals surface area (Å²) in [5, 5.41) is 9.68. The topological polar surface area (TPSA) is 72.2 Å². The fraction of sp³-hybridized carbons (Fsp3) is 0.182. The van der Waals surface area contributed by atoms with Gasteiger partial charge in [0.05, 0.1) is 17.1 Å². The van der Waals surface area contributed by atoms with Gasteiger partial charge in [0, 0.05) is 23.3 Å². The van der Waals surface area contributed by atoms with Crippen LogP contribution >= 0.6 is 11.3 Å². The highest BCUT2D eigenvalue weighted by Crippen LogP contribution is 2.12. The number of hydrogen-bond donors (Lipinski definition) is 1. The molecule has 0 unspecified atom stereocenters. The number of carbonyl (C=O) groups is 1. The van der Waals surface area contributed by atoms with Crippen molar-refractivity contribution in [3.05, 3.63) is 50.3 Å². The standard InChI is InChI=1S/C11H10N2O3S/c1-7-12-5-9(17-7)6-13-3-2-8(11(15)16)4-10(13)14/h2-5H,6H2,1H3,(H,15,16). The van der Waals surface area contributed by atoms with Gasteiger partial charge < -0.3 is 9.67 Å². The van der Waals surface area contributed by atoms with Crippen molar-refractivity contribution < 1.29 is 9.90 Å². The molecule has 0 bridgehead atoms. The van der Waals surface area contributed by atoms with Crippen LogP contribution in [0.15, 0.2) is 29.3 Å². The van der Waals surface area contributed by atoms with Gasteiger partial charge >= 0.3 is 5.97 Å². The lowest BCUT2D eigenvalue weighted by Gasteiger charge is -2.03. The number of rotatable bonds is 3. The average Bonchev–Trinajstić information content (AvgIpc) is 2.67. The van der Waals surface area contributed by atoms with Gasteiger partial charge in [0.15, 0.2) is 0 Å². The van der Waals surface area contributed by atoms with Crippen LogP contribution in [0.5, 0.6) is 0 Å². The van der Waals surface area contributed by atoms with Crippen molar-refractivity contribution >= 4 is 17.3 Å². The summed E-state index contributed by atoms with van der Waals surface area (Å²) in [6, 6.07) is 2.54. The molecule has 2 aromatic rings. The van der Waals surface area contributed by atoms with Gasteiger partial charge in [-0.25, -0.2) is 9.78 Å². The molecule has 0 amide bonds. The second-order valence-electron chi connectivity index (χ2n) is 3.53. The fourth-order valence-electron chi connectivity index (χ4n) is 1.42. The van der Waals surface area contributed by atoms with E-state index in [4.69, 9.17) is 5.11 Å². The number of thiazole rings is 1. The number of carboxylic acids is 1. The maximum Gasteiger partial charge on any atom is 0.335 e. The van der Waals surface area contributed by atoms with Crippen LogP contribution in [-0.4, -0.2) is 20.6 Å². The summed E-state index contributed by atoms with van der Waals surface area (Å²) in [5.41, 5.74) is -0.317. The molecule has 1 N–H and O–H groups in total. The van der Waals surface area contributed by atoms with Gasteiger partial charge in [-0.1, -0.05) is 0 Å². The van der Waals surface area contributed by atoms with Crippen LogP contribution in [0.2, 0.25) is 0 Å². The van der Waals surface area contributed by atoms with Crippen LogP contribution in [0.25, 0.3) is 0 Å². The molecule has 0 aromatic carbocycles. The number of aromatic nitrogens is 2. The summed E-state index contributed by atoms with van der Waals surface area (Å²) >= 11 is 1.51. The first-order valence-electron chi connectivity index (χ1n) is 4.91. The summed E-state index contributed by atoms with van der Waals surface area (Å²) in [7, 11) is 0. The Kier molecular flexibility index (Phi) is 3.06. The van der Waals surface area contributed by atoms with Crippen molar-refractivity contribution in [2.75, 3.05) is 0 Å². The van der Waals surface area contributed by atoms with Crippen molar-refractivity contribution in [2.45, 2.75) is 13.5 Å². The molecular formula is C11H10N2O3S. The highest BCUT2D eigenvalue weighted by atomic mass is 32.1. The van der Waals surface area contributed by atoms with E-state index in [9.17, 15) is 9.59 Å². The zero-order chi connectivity index (χ0) is 12.4. The van der Waals surface area contributed by atoms with Crippen molar-refractivity contribution in [3.8, 4) is 0 Å². The maximum atomic E-state index is 11.6. The molecule has 2 aromatic heterocycles. The Hall–Kier alpha value is -1.95. The van der Waals surface area contributed by atoms with Crippen LogP contribution in [0.1, 0.15) is 20.2 Å². The van der Waals surface area contributed by atoms with Gasteiger partial charge in [0.2, 0.25) is 0 Å². The quantitative estimate of drug-likeness (QED) is 0.892. The summed E-state index contributed by atoms with van der Waals surface area (Å²) in [4.78, 5) is 27.4. The van der Waals surface area contributed by atoms with Crippen LogP contribution in [0, 0.1) is 6.92 Å². The van der Waals surface area contributed by atoms with E-state index in [2.05, 4.69) is 4.98 Å². The first kappa shape index (κ1) is 11.5. The molecule has 0 aliphatic heterocycles. The second-order valence-corrected chi connectivity index (χ2v) is 4.85. The second kappa shape index (κ2) is 4.50. The summed E-state index contributed by atoms with van der Waals surface area (Å²) < 4.78 is 1.46. The van der Waals surface area contributed by atoms with E-state index < -0.39 is 5.97 Å². The lowest BCUT2D eigenvalue weighted by atomic mass is 10.3. The lowest BCUT2D eigenvalue weighted by Crippen LogP contribution is -2.20. The molecular weight excluding hydrogens is 240 g/mol. The fourth-order valence-corrected chi connectivity index (χ4v) is 2.21.